The molecule has 1 aliphatic rings. The third-order valence-electron chi connectivity index (χ3n) is 5.58. The van der Waals surface area contributed by atoms with E-state index in [1.807, 2.05) is 42.5 Å². The number of anilines is 1. The van der Waals surface area contributed by atoms with Crippen LogP contribution in [-0.4, -0.2) is 37.9 Å². The number of nitrogens with one attached hydrogen (secondary N) is 1. The molecule has 0 radical (unpaired) electrons. The number of aromatic nitrogens is 1. The molecule has 2 heterocycles. The third-order valence-corrected chi connectivity index (χ3v) is 6.76. The molecule has 2 aromatic carbocycles. The van der Waals surface area contributed by atoms with E-state index >= 15 is 0 Å². The number of amidine groups is 1. The predicted octanol–water partition coefficient (Wildman–Crippen LogP) is 5.01. The highest BCUT2D eigenvalue weighted by Gasteiger charge is 2.39. The fourth-order valence-electron chi connectivity index (χ4n) is 3.61. The zero-order chi connectivity index (χ0) is 24.8. The highest BCUT2D eigenvalue weighted by Crippen LogP contribution is 2.33. The highest BCUT2D eigenvalue weighted by molar-refractivity contribution is 8.15. The molecule has 0 saturated carbocycles. The van der Waals surface area contributed by atoms with Gasteiger partial charge in [0.05, 0.1) is 17.9 Å². The number of rotatable bonds is 8. The van der Waals surface area contributed by atoms with Crippen LogP contribution in [0.2, 0.25) is 0 Å². The number of carbonyl (C=O) groups excluding carboxylic acids is 3. The summed E-state index contributed by atoms with van der Waals surface area (Å²) in [6.45, 7) is 3.86. The Balaban J connectivity index is 1.51. The van der Waals surface area contributed by atoms with Crippen molar-refractivity contribution in [2.24, 2.45) is 4.99 Å². The molecule has 1 aromatic heterocycles. The summed E-state index contributed by atoms with van der Waals surface area (Å²) >= 11 is 1.29. The van der Waals surface area contributed by atoms with Crippen LogP contribution < -0.4 is 5.32 Å². The van der Waals surface area contributed by atoms with Crippen LogP contribution in [-0.2, 0) is 22.6 Å². The van der Waals surface area contributed by atoms with E-state index < -0.39 is 5.25 Å². The molecule has 1 saturated heterocycles. The second-order valence-electron chi connectivity index (χ2n) is 8.15. The first-order valence-corrected chi connectivity index (χ1v) is 12.3. The maximum atomic E-state index is 13.3. The molecule has 1 unspecified atom stereocenters. The SMILES string of the molecule is CCc1ccc(N=C2SC(CC(=O)Nc3ccc(C(C)=O)cc3)C(=O)N2Cc2ccccn2)cc1. The van der Waals surface area contributed by atoms with Crippen molar-refractivity contribution in [3.8, 4) is 0 Å². The Kier molecular flexibility index (Phi) is 7.72. The fraction of sp³-hybridized carbons (Fsp3) is 0.222. The lowest BCUT2D eigenvalue weighted by molar-refractivity contribution is -0.128. The van der Waals surface area contributed by atoms with E-state index in [2.05, 4.69) is 17.2 Å². The van der Waals surface area contributed by atoms with Crippen LogP contribution in [0.15, 0.2) is 77.9 Å². The van der Waals surface area contributed by atoms with Gasteiger partial charge in [0.2, 0.25) is 11.8 Å². The van der Waals surface area contributed by atoms with E-state index in [1.54, 1.807) is 35.4 Å². The Bertz CT molecular complexity index is 1240. The summed E-state index contributed by atoms with van der Waals surface area (Å²) in [6.07, 6.45) is 2.63. The van der Waals surface area contributed by atoms with Crippen LogP contribution in [0.1, 0.15) is 41.9 Å². The summed E-state index contributed by atoms with van der Waals surface area (Å²) < 4.78 is 0. The molecule has 0 bridgehead atoms. The van der Waals surface area contributed by atoms with E-state index in [0.717, 1.165) is 17.8 Å². The van der Waals surface area contributed by atoms with Crippen molar-refractivity contribution in [3.63, 3.8) is 0 Å². The number of aliphatic imine (C=N–C) groups is 1. The Hall–Kier alpha value is -3.78. The smallest absolute Gasteiger partial charge is 0.243 e. The van der Waals surface area contributed by atoms with Gasteiger partial charge < -0.3 is 5.32 Å². The lowest BCUT2D eigenvalue weighted by Crippen LogP contribution is -2.33. The standard InChI is InChI=1S/C27H26N4O3S/c1-3-19-7-11-22(12-8-19)30-27-31(17-23-6-4-5-15-28-23)26(34)24(35-27)16-25(33)29-21-13-9-20(10-14-21)18(2)32/h4-15,24H,3,16-17H2,1-2H3,(H,29,33). The number of nitrogens with zero attached hydrogens (tertiary/aromatic N) is 3. The average molecular weight is 487 g/mol. The molecule has 3 aromatic rings. The number of aryl methyl sites for hydroxylation is 1. The largest absolute Gasteiger partial charge is 0.326 e. The van der Waals surface area contributed by atoms with E-state index in [0.29, 0.717) is 16.4 Å². The van der Waals surface area contributed by atoms with Crippen LogP contribution in [0.4, 0.5) is 11.4 Å². The number of hydrogen-bond acceptors (Lipinski definition) is 6. The summed E-state index contributed by atoms with van der Waals surface area (Å²) in [5.74, 6) is -0.496. The maximum absolute atomic E-state index is 13.3. The van der Waals surface area contributed by atoms with Gasteiger partial charge in [-0.05, 0) is 67.4 Å². The minimum atomic E-state index is -0.594. The number of Topliss-reactive ketones (excluding diaryl/α,β-unsaturated/α-hetero) is 1. The lowest BCUT2D eigenvalue weighted by Gasteiger charge is -2.16. The van der Waals surface area contributed by atoms with E-state index in [1.165, 1.54) is 24.2 Å². The number of benzene rings is 2. The molecule has 1 atom stereocenters. The van der Waals surface area contributed by atoms with Gasteiger partial charge in [-0.2, -0.15) is 0 Å². The first kappa shape index (κ1) is 24.3. The van der Waals surface area contributed by atoms with Crippen LogP contribution in [0.25, 0.3) is 0 Å². The first-order valence-electron chi connectivity index (χ1n) is 11.4. The molecular formula is C27H26N4O3S. The lowest BCUT2D eigenvalue weighted by atomic mass is 10.1. The molecular weight excluding hydrogens is 460 g/mol. The molecule has 1 N–H and O–H groups in total. The number of amides is 2. The molecule has 35 heavy (non-hydrogen) atoms. The number of hydrogen-bond donors (Lipinski definition) is 1. The topological polar surface area (TPSA) is 91.7 Å². The second-order valence-corrected chi connectivity index (χ2v) is 9.32. The summed E-state index contributed by atoms with van der Waals surface area (Å²) in [7, 11) is 0. The molecule has 1 fully saturated rings. The van der Waals surface area contributed by atoms with Crippen molar-refractivity contribution in [1.82, 2.24) is 9.88 Å². The summed E-state index contributed by atoms with van der Waals surface area (Å²) in [4.78, 5) is 48.1. The van der Waals surface area contributed by atoms with Gasteiger partial charge >= 0.3 is 0 Å². The third kappa shape index (κ3) is 6.22. The minimum absolute atomic E-state index is 0.00444. The summed E-state index contributed by atoms with van der Waals surface area (Å²) in [5.41, 5.74) is 3.85. The Morgan fingerprint density at radius 1 is 1.06 bits per heavy atom. The monoisotopic (exact) mass is 486 g/mol. The predicted molar refractivity (Wildman–Crippen MR) is 139 cm³/mol. The van der Waals surface area contributed by atoms with Crippen molar-refractivity contribution in [3.05, 3.63) is 89.7 Å². The quantitative estimate of drug-likeness (QED) is 0.452. The zero-order valence-electron chi connectivity index (χ0n) is 19.6. The molecule has 0 spiro atoms. The van der Waals surface area contributed by atoms with Gasteiger partial charge in [-0.15, -0.1) is 0 Å². The van der Waals surface area contributed by atoms with E-state index in [4.69, 9.17) is 4.99 Å². The van der Waals surface area contributed by atoms with Gasteiger partial charge in [0.25, 0.3) is 0 Å². The number of pyridine rings is 1. The van der Waals surface area contributed by atoms with Crippen molar-refractivity contribution in [2.75, 3.05) is 5.32 Å². The summed E-state index contributed by atoms with van der Waals surface area (Å²) in [5, 5.41) is 2.77. The van der Waals surface area contributed by atoms with Gasteiger partial charge in [0.15, 0.2) is 11.0 Å². The molecule has 8 heteroatoms. The molecule has 2 amide bonds. The molecule has 1 aliphatic heterocycles. The van der Waals surface area contributed by atoms with Gasteiger partial charge in [0.1, 0.15) is 5.25 Å². The average Bonchev–Trinajstić information content (AvgIpc) is 3.14. The van der Waals surface area contributed by atoms with Crippen LogP contribution in [0.3, 0.4) is 0 Å². The number of thioether (sulfide) groups is 1. The van der Waals surface area contributed by atoms with Gasteiger partial charge in [-0.3, -0.25) is 24.3 Å². The normalized spacial score (nSPS) is 16.5. The zero-order valence-corrected chi connectivity index (χ0v) is 20.4. The van der Waals surface area contributed by atoms with Crippen LogP contribution in [0.5, 0.6) is 0 Å². The Labute approximate surface area is 208 Å². The molecule has 0 aliphatic carbocycles. The van der Waals surface area contributed by atoms with Crippen molar-refractivity contribution >= 4 is 45.9 Å². The fourth-order valence-corrected chi connectivity index (χ4v) is 4.77. The van der Waals surface area contributed by atoms with E-state index in [9.17, 15) is 14.4 Å². The van der Waals surface area contributed by atoms with E-state index in [-0.39, 0.29) is 30.6 Å². The Morgan fingerprint density at radius 2 is 1.80 bits per heavy atom. The molecule has 178 valence electrons. The van der Waals surface area contributed by atoms with Crippen LogP contribution in [0, 0.1) is 0 Å². The number of carbonyl (C=O) groups is 3. The van der Waals surface area contributed by atoms with Gasteiger partial charge in [-0.1, -0.05) is 36.9 Å². The van der Waals surface area contributed by atoms with Crippen molar-refractivity contribution in [1.29, 1.82) is 0 Å². The Morgan fingerprint density at radius 3 is 2.43 bits per heavy atom. The van der Waals surface area contributed by atoms with Crippen LogP contribution >= 0.6 is 11.8 Å². The highest BCUT2D eigenvalue weighted by atomic mass is 32.2. The first-order chi connectivity index (χ1) is 16.9. The maximum Gasteiger partial charge on any atom is 0.243 e. The van der Waals surface area contributed by atoms with Crippen molar-refractivity contribution < 1.29 is 14.4 Å². The van der Waals surface area contributed by atoms with Gasteiger partial charge in [-0.25, -0.2) is 4.99 Å². The number of ketones is 1. The second kappa shape index (κ2) is 11.1. The van der Waals surface area contributed by atoms with Crippen molar-refractivity contribution in [2.45, 2.75) is 38.5 Å². The summed E-state index contributed by atoms with van der Waals surface area (Å²) in [6, 6.07) is 20.1. The molecule has 4 rings (SSSR count). The molecule has 7 nitrogen and oxygen atoms in total. The minimum Gasteiger partial charge on any atom is -0.326 e. The van der Waals surface area contributed by atoms with Gasteiger partial charge in [0, 0.05) is 23.9 Å².